The lowest BCUT2D eigenvalue weighted by atomic mass is 10.1. The number of non-ortho nitro benzene ring substituents is 1. The normalized spacial score (nSPS) is 10.4. The van der Waals surface area contributed by atoms with Gasteiger partial charge in [0.15, 0.2) is 0 Å². The molecule has 1 aromatic heterocycles. The van der Waals surface area contributed by atoms with E-state index in [2.05, 4.69) is 15.5 Å². The maximum atomic E-state index is 12.2. The Morgan fingerprint density at radius 3 is 2.81 bits per heavy atom. The molecule has 0 fully saturated rings. The lowest BCUT2D eigenvalue weighted by Gasteiger charge is -2.07. The number of nitrogens with one attached hydrogen (secondary N) is 2. The molecule has 0 aliphatic heterocycles. The molecule has 1 aromatic carbocycles. The summed E-state index contributed by atoms with van der Waals surface area (Å²) in [4.78, 5) is 22.4. The number of aromatic nitrogens is 2. The average molecular weight is 329 g/mol. The van der Waals surface area contributed by atoms with Crippen LogP contribution >= 0.6 is 23.2 Å². The van der Waals surface area contributed by atoms with Gasteiger partial charge in [-0.15, -0.1) is 0 Å². The molecule has 2 rings (SSSR count). The highest BCUT2D eigenvalue weighted by Gasteiger charge is 2.20. The van der Waals surface area contributed by atoms with Crippen LogP contribution in [0.15, 0.2) is 18.3 Å². The molecule has 110 valence electrons. The number of carbonyl (C=O) groups excluding carboxylic acids is 1. The maximum Gasteiger partial charge on any atom is 0.271 e. The number of halogens is 2. The smallest absolute Gasteiger partial charge is 0.271 e. The SMILES string of the molecule is CCc1cn[nH]c1NC(=O)c1cc([N+](=O)[O-])cc(Cl)c1Cl. The summed E-state index contributed by atoms with van der Waals surface area (Å²) >= 11 is 11.7. The number of carbonyl (C=O) groups is 1. The van der Waals surface area contributed by atoms with Gasteiger partial charge in [0.25, 0.3) is 11.6 Å². The van der Waals surface area contributed by atoms with Gasteiger partial charge >= 0.3 is 0 Å². The number of H-pyrrole nitrogens is 1. The van der Waals surface area contributed by atoms with E-state index in [1.54, 1.807) is 6.20 Å². The number of nitrogens with zero attached hydrogens (tertiary/aromatic N) is 2. The molecule has 2 N–H and O–H groups in total. The monoisotopic (exact) mass is 328 g/mol. The minimum absolute atomic E-state index is 0.0441. The van der Waals surface area contributed by atoms with Gasteiger partial charge in [0, 0.05) is 17.7 Å². The summed E-state index contributed by atoms with van der Waals surface area (Å²) in [5, 5.41) is 19.7. The Labute approximate surface area is 129 Å². The van der Waals surface area contributed by atoms with E-state index in [1.165, 1.54) is 0 Å². The van der Waals surface area contributed by atoms with Crippen LogP contribution in [-0.2, 0) is 6.42 Å². The molecule has 0 radical (unpaired) electrons. The summed E-state index contributed by atoms with van der Waals surface area (Å²) in [6, 6.07) is 2.17. The van der Waals surface area contributed by atoms with Gasteiger partial charge in [0.2, 0.25) is 0 Å². The Bertz CT molecular complexity index is 715. The van der Waals surface area contributed by atoms with Crippen LogP contribution in [0.1, 0.15) is 22.8 Å². The Kier molecular flexibility index (Phi) is 4.44. The summed E-state index contributed by atoms with van der Waals surface area (Å²) in [5.74, 6) is -0.189. The van der Waals surface area contributed by atoms with Gasteiger partial charge in [0.05, 0.1) is 26.7 Å². The summed E-state index contributed by atoms with van der Waals surface area (Å²) in [6.45, 7) is 1.90. The molecule has 2 aromatic rings. The van der Waals surface area contributed by atoms with E-state index in [1.807, 2.05) is 6.92 Å². The van der Waals surface area contributed by atoms with Gasteiger partial charge in [0.1, 0.15) is 5.82 Å². The van der Waals surface area contributed by atoms with Crippen LogP contribution in [0.25, 0.3) is 0 Å². The largest absolute Gasteiger partial charge is 0.307 e. The zero-order valence-corrected chi connectivity index (χ0v) is 12.3. The maximum absolute atomic E-state index is 12.2. The molecule has 21 heavy (non-hydrogen) atoms. The molecule has 0 aliphatic carbocycles. The first-order chi connectivity index (χ1) is 9.93. The number of amides is 1. The van der Waals surface area contributed by atoms with Gasteiger partial charge in [-0.3, -0.25) is 20.0 Å². The lowest BCUT2D eigenvalue weighted by molar-refractivity contribution is -0.384. The Morgan fingerprint density at radius 2 is 2.19 bits per heavy atom. The van der Waals surface area contributed by atoms with Gasteiger partial charge < -0.3 is 5.32 Å². The minimum atomic E-state index is -0.646. The van der Waals surface area contributed by atoms with E-state index in [0.29, 0.717) is 12.2 Å². The summed E-state index contributed by atoms with van der Waals surface area (Å²) < 4.78 is 0. The first-order valence-corrected chi connectivity index (χ1v) is 6.66. The molecule has 0 saturated heterocycles. The van der Waals surface area contributed by atoms with Gasteiger partial charge in [-0.05, 0) is 6.42 Å². The number of nitro groups is 1. The van der Waals surface area contributed by atoms with Crippen molar-refractivity contribution in [2.45, 2.75) is 13.3 Å². The quantitative estimate of drug-likeness (QED) is 0.663. The third-order valence-corrected chi connectivity index (χ3v) is 3.61. The minimum Gasteiger partial charge on any atom is -0.307 e. The zero-order chi connectivity index (χ0) is 15.6. The fourth-order valence-electron chi connectivity index (χ4n) is 1.71. The molecule has 0 unspecified atom stereocenters. The molecule has 0 spiro atoms. The number of nitro benzene ring substituents is 1. The van der Waals surface area contributed by atoms with Crippen molar-refractivity contribution < 1.29 is 9.72 Å². The molecular weight excluding hydrogens is 319 g/mol. The fraction of sp³-hybridized carbons (Fsp3) is 0.167. The van der Waals surface area contributed by atoms with Crippen molar-refractivity contribution in [2.75, 3.05) is 5.32 Å². The number of rotatable bonds is 4. The number of aryl methyl sites for hydroxylation is 1. The van der Waals surface area contributed by atoms with Crippen molar-refractivity contribution in [3.05, 3.63) is 49.6 Å². The van der Waals surface area contributed by atoms with Crippen LogP contribution < -0.4 is 5.32 Å². The number of anilines is 1. The second-order valence-corrected chi connectivity index (χ2v) is 4.91. The first kappa shape index (κ1) is 15.3. The first-order valence-electron chi connectivity index (χ1n) is 5.91. The van der Waals surface area contributed by atoms with Crippen molar-refractivity contribution in [1.29, 1.82) is 0 Å². The van der Waals surface area contributed by atoms with Gasteiger partial charge in [-0.1, -0.05) is 30.1 Å². The Balaban J connectivity index is 2.37. The van der Waals surface area contributed by atoms with Crippen LogP contribution in [0, 0.1) is 10.1 Å². The van der Waals surface area contributed by atoms with Crippen molar-refractivity contribution in [1.82, 2.24) is 10.2 Å². The molecule has 0 bridgehead atoms. The zero-order valence-electron chi connectivity index (χ0n) is 10.8. The molecular formula is C12H10Cl2N4O3. The van der Waals surface area contributed by atoms with E-state index >= 15 is 0 Å². The second-order valence-electron chi connectivity index (χ2n) is 4.12. The molecule has 0 saturated carbocycles. The van der Waals surface area contributed by atoms with Crippen LogP contribution in [0.5, 0.6) is 0 Å². The third kappa shape index (κ3) is 3.14. The standard InChI is InChI=1S/C12H10Cl2N4O3/c1-2-6-5-15-17-11(6)16-12(19)8-3-7(18(20)21)4-9(13)10(8)14/h3-5H,2H2,1H3,(H2,15,16,17,19). The molecule has 9 heteroatoms. The highest BCUT2D eigenvalue weighted by molar-refractivity contribution is 6.44. The van der Waals surface area contributed by atoms with Crippen molar-refractivity contribution in [2.24, 2.45) is 0 Å². The van der Waals surface area contributed by atoms with Gasteiger partial charge in [-0.25, -0.2) is 0 Å². The second kappa shape index (κ2) is 6.11. The third-order valence-electron chi connectivity index (χ3n) is 2.81. The van der Waals surface area contributed by atoms with Crippen LogP contribution in [-0.4, -0.2) is 21.0 Å². The predicted octanol–water partition coefficient (Wildman–Crippen LogP) is 3.44. The van der Waals surface area contributed by atoms with Crippen LogP contribution in [0.3, 0.4) is 0 Å². The summed E-state index contributed by atoms with van der Waals surface area (Å²) in [5.41, 5.74) is 0.415. The highest BCUT2D eigenvalue weighted by atomic mass is 35.5. The molecule has 1 heterocycles. The Morgan fingerprint density at radius 1 is 1.48 bits per heavy atom. The number of hydrogen-bond donors (Lipinski definition) is 2. The molecule has 1 amide bonds. The average Bonchev–Trinajstić information content (AvgIpc) is 2.88. The highest BCUT2D eigenvalue weighted by Crippen LogP contribution is 2.31. The van der Waals surface area contributed by atoms with Crippen LogP contribution in [0.2, 0.25) is 10.0 Å². The Hall–Kier alpha value is -2.12. The number of benzene rings is 1. The number of hydrogen-bond acceptors (Lipinski definition) is 4. The lowest BCUT2D eigenvalue weighted by Crippen LogP contribution is -2.14. The van der Waals surface area contributed by atoms with E-state index < -0.39 is 10.8 Å². The van der Waals surface area contributed by atoms with Gasteiger partial charge in [-0.2, -0.15) is 5.10 Å². The van der Waals surface area contributed by atoms with Crippen molar-refractivity contribution >= 4 is 40.6 Å². The molecule has 0 aliphatic rings. The number of aromatic amines is 1. The van der Waals surface area contributed by atoms with E-state index in [4.69, 9.17) is 23.2 Å². The topological polar surface area (TPSA) is 101 Å². The molecule has 0 atom stereocenters. The van der Waals surface area contributed by atoms with Crippen molar-refractivity contribution in [3.8, 4) is 0 Å². The summed E-state index contributed by atoms with van der Waals surface area (Å²) in [7, 11) is 0. The van der Waals surface area contributed by atoms with E-state index in [-0.39, 0.29) is 21.3 Å². The van der Waals surface area contributed by atoms with E-state index in [9.17, 15) is 14.9 Å². The van der Waals surface area contributed by atoms with E-state index in [0.717, 1.165) is 17.7 Å². The summed E-state index contributed by atoms with van der Waals surface area (Å²) in [6.07, 6.45) is 2.24. The van der Waals surface area contributed by atoms with Crippen molar-refractivity contribution in [3.63, 3.8) is 0 Å². The fourth-order valence-corrected chi connectivity index (χ4v) is 2.12. The molecule has 7 nitrogen and oxygen atoms in total. The predicted molar refractivity (Wildman–Crippen MR) is 79.0 cm³/mol. The van der Waals surface area contributed by atoms with Crippen LogP contribution in [0.4, 0.5) is 11.5 Å².